The number of aromatic hydroxyl groups is 1. The van der Waals surface area contributed by atoms with Crippen LogP contribution in [-0.4, -0.2) is 33.1 Å². The number of nitrogens with zero attached hydrogens (tertiary/aromatic N) is 2. The minimum absolute atomic E-state index is 0.158. The molecule has 0 bridgehead atoms. The Kier molecular flexibility index (Phi) is 4.29. The van der Waals surface area contributed by atoms with Gasteiger partial charge in [-0.3, -0.25) is 0 Å². The van der Waals surface area contributed by atoms with Gasteiger partial charge in [-0.05, 0) is 30.2 Å². The first-order valence-electron chi connectivity index (χ1n) is 7.51. The lowest BCUT2D eigenvalue weighted by atomic mass is 9.96. The molecule has 1 heterocycles. The normalized spacial score (nSPS) is 10.7. The summed E-state index contributed by atoms with van der Waals surface area (Å²) in [6.07, 6.45) is 1.53. The smallest absolute Gasteiger partial charge is 0.330 e. The van der Waals surface area contributed by atoms with Gasteiger partial charge in [0.15, 0.2) is 0 Å². The number of phenolic OH excluding ortho intramolecular Hbond substituents is 1. The van der Waals surface area contributed by atoms with Crippen LogP contribution in [0, 0.1) is 6.92 Å². The number of nitrogens with one attached hydrogen (secondary N) is 1. The standard InChI is InChI=1S/C18H17N3O3/c1-3-16(22)24-8-7-12-9-11(2)10-14(18(12)23)13-5-4-6-15-17(13)20-21-19-15/h3-6,9-10,23H,1,7-8H2,2H3,(H,19,20,21). The molecule has 0 fully saturated rings. The first kappa shape index (κ1) is 15.7. The number of carbonyl (C=O) groups excluding carboxylic acids is 1. The zero-order valence-corrected chi connectivity index (χ0v) is 13.2. The van der Waals surface area contributed by atoms with Crippen molar-refractivity contribution in [3.8, 4) is 16.9 Å². The summed E-state index contributed by atoms with van der Waals surface area (Å²) in [5.41, 5.74) is 4.61. The van der Waals surface area contributed by atoms with Crippen LogP contribution in [-0.2, 0) is 16.0 Å². The van der Waals surface area contributed by atoms with Gasteiger partial charge < -0.3 is 9.84 Å². The van der Waals surface area contributed by atoms with Crippen LogP contribution < -0.4 is 0 Å². The summed E-state index contributed by atoms with van der Waals surface area (Å²) in [4.78, 5) is 11.1. The second kappa shape index (κ2) is 6.54. The summed E-state index contributed by atoms with van der Waals surface area (Å²) in [6.45, 7) is 5.48. The lowest BCUT2D eigenvalue weighted by Gasteiger charge is -2.12. The average Bonchev–Trinajstić information content (AvgIpc) is 3.06. The molecule has 0 aliphatic carbocycles. The van der Waals surface area contributed by atoms with Gasteiger partial charge in [-0.25, -0.2) is 4.79 Å². The fourth-order valence-electron chi connectivity index (χ4n) is 2.66. The maximum atomic E-state index is 11.1. The van der Waals surface area contributed by atoms with E-state index >= 15 is 0 Å². The van der Waals surface area contributed by atoms with Gasteiger partial charge in [0.1, 0.15) is 16.8 Å². The Bertz CT molecular complexity index is 915. The SMILES string of the molecule is C=CC(=O)OCCc1cc(C)cc(-c2cccc3n[nH]nc23)c1O. The quantitative estimate of drug-likeness (QED) is 0.557. The molecule has 24 heavy (non-hydrogen) atoms. The minimum Gasteiger partial charge on any atom is -0.507 e. The molecule has 122 valence electrons. The predicted molar refractivity (Wildman–Crippen MR) is 90.6 cm³/mol. The summed E-state index contributed by atoms with van der Waals surface area (Å²) in [5, 5.41) is 21.5. The third-order valence-electron chi connectivity index (χ3n) is 3.75. The number of aromatic amines is 1. The van der Waals surface area contributed by atoms with Crippen molar-refractivity contribution in [3.05, 3.63) is 54.1 Å². The van der Waals surface area contributed by atoms with E-state index < -0.39 is 5.97 Å². The molecule has 3 aromatic rings. The highest BCUT2D eigenvalue weighted by Gasteiger charge is 2.15. The van der Waals surface area contributed by atoms with Crippen LogP contribution in [0.15, 0.2) is 43.0 Å². The van der Waals surface area contributed by atoms with Gasteiger partial charge in [0.25, 0.3) is 0 Å². The van der Waals surface area contributed by atoms with E-state index in [2.05, 4.69) is 22.0 Å². The van der Waals surface area contributed by atoms with Gasteiger partial charge in [-0.2, -0.15) is 15.4 Å². The van der Waals surface area contributed by atoms with Crippen molar-refractivity contribution in [2.45, 2.75) is 13.3 Å². The summed E-state index contributed by atoms with van der Waals surface area (Å²) in [7, 11) is 0. The average molecular weight is 323 g/mol. The van der Waals surface area contributed by atoms with E-state index in [4.69, 9.17) is 4.74 Å². The number of rotatable bonds is 5. The van der Waals surface area contributed by atoms with Crippen molar-refractivity contribution in [1.29, 1.82) is 0 Å². The fourth-order valence-corrected chi connectivity index (χ4v) is 2.66. The zero-order valence-electron chi connectivity index (χ0n) is 13.2. The Morgan fingerprint density at radius 3 is 2.96 bits per heavy atom. The summed E-state index contributed by atoms with van der Waals surface area (Å²) >= 11 is 0. The van der Waals surface area contributed by atoms with Crippen LogP contribution in [0.2, 0.25) is 0 Å². The minimum atomic E-state index is -0.477. The number of para-hydroxylation sites is 1. The molecule has 0 unspecified atom stereocenters. The van der Waals surface area contributed by atoms with Crippen LogP contribution in [0.3, 0.4) is 0 Å². The van der Waals surface area contributed by atoms with E-state index in [1.54, 1.807) is 0 Å². The van der Waals surface area contributed by atoms with Gasteiger partial charge in [-0.1, -0.05) is 24.8 Å². The van der Waals surface area contributed by atoms with E-state index in [9.17, 15) is 9.90 Å². The highest BCUT2D eigenvalue weighted by Crippen LogP contribution is 2.36. The summed E-state index contributed by atoms with van der Waals surface area (Å²) in [5.74, 6) is -0.319. The number of fused-ring (bicyclic) bond motifs is 1. The first-order chi connectivity index (χ1) is 11.6. The number of hydrogen-bond donors (Lipinski definition) is 2. The molecule has 6 heteroatoms. The largest absolute Gasteiger partial charge is 0.507 e. The molecule has 0 aliphatic heterocycles. The lowest BCUT2D eigenvalue weighted by Crippen LogP contribution is -2.05. The van der Waals surface area contributed by atoms with Crippen LogP contribution in [0.4, 0.5) is 0 Å². The number of carbonyl (C=O) groups is 1. The molecule has 6 nitrogen and oxygen atoms in total. The second-order valence-corrected chi connectivity index (χ2v) is 5.44. The van der Waals surface area contributed by atoms with Crippen LogP contribution in [0.1, 0.15) is 11.1 Å². The Labute approximate surface area is 138 Å². The number of hydrogen-bond acceptors (Lipinski definition) is 5. The first-order valence-corrected chi connectivity index (χ1v) is 7.51. The summed E-state index contributed by atoms with van der Waals surface area (Å²) < 4.78 is 5.00. The monoisotopic (exact) mass is 323 g/mol. The highest BCUT2D eigenvalue weighted by molar-refractivity contribution is 5.93. The Balaban J connectivity index is 1.98. The molecule has 0 spiro atoms. The lowest BCUT2D eigenvalue weighted by molar-refractivity contribution is -0.137. The van der Waals surface area contributed by atoms with Crippen molar-refractivity contribution in [3.63, 3.8) is 0 Å². The molecule has 1 aromatic heterocycles. The number of esters is 1. The number of benzene rings is 2. The molecule has 0 atom stereocenters. The van der Waals surface area contributed by atoms with Gasteiger partial charge in [0.2, 0.25) is 0 Å². The third kappa shape index (κ3) is 2.99. The van der Waals surface area contributed by atoms with Crippen molar-refractivity contribution in [1.82, 2.24) is 15.4 Å². The van der Waals surface area contributed by atoms with Gasteiger partial charge in [-0.15, -0.1) is 0 Å². The van der Waals surface area contributed by atoms with E-state index in [1.165, 1.54) is 0 Å². The molecule has 2 aromatic carbocycles. The topological polar surface area (TPSA) is 88.1 Å². The van der Waals surface area contributed by atoms with Crippen LogP contribution in [0.25, 0.3) is 22.2 Å². The van der Waals surface area contributed by atoms with Crippen molar-refractivity contribution < 1.29 is 14.6 Å². The molecule has 0 radical (unpaired) electrons. The maximum absolute atomic E-state index is 11.1. The summed E-state index contributed by atoms with van der Waals surface area (Å²) in [6, 6.07) is 9.39. The Morgan fingerprint density at radius 1 is 1.33 bits per heavy atom. The number of ether oxygens (including phenoxy) is 1. The van der Waals surface area contributed by atoms with Crippen molar-refractivity contribution in [2.75, 3.05) is 6.61 Å². The molecule has 0 amide bonds. The van der Waals surface area contributed by atoms with Crippen LogP contribution in [0.5, 0.6) is 5.75 Å². The van der Waals surface area contributed by atoms with Crippen molar-refractivity contribution >= 4 is 17.0 Å². The van der Waals surface area contributed by atoms with Crippen molar-refractivity contribution in [2.24, 2.45) is 0 Å². The molecule has 0 aliphatic rings. The predicted octanol–water partition coefficient (Wildman–Crippen LogP) is 2.91. The van der Waals surface area contributed by atoms with E-state index in [-0.39, 0.29) is 12.4 Å². The van der Waals surface area contributed by atoms with E-state index in [0.29, 0.717) is 23.1 Å². The second-order valence-electron chi connectivity index (χ2n) is 5.44. The van der Waals surface area contributed by atoms with Crippen LogP contribution >= 0.6 is 0 Å². The zero-order chi connectivity index (χ0) is 17.1. The third-order valence-corrected chi connectivity index (χ3v) is 3.75. The van der Waals surface area contributed by atoms with Gasteiger partial charge in [0.05, 0.1) is 6.61 Å². The molecular weight excluding hydrogens is 306 g/mol. The fraction of sp³-hybridized carbons (Fsp3) is 0.167. The molecule has 2 N–H and O–H groups in total. The number of phenols is 1. The molecule has 0 saturated carbocycles. The number of H-pyrrole nitrogens is 1. The Hall–Kier alpha value is -3.15. The van der Waals surface area contributed by atoms with Gasteiger partial charge >= 0.3 is 5.97 Å². The van der Waals surface area contributed by atoms with E-state index in [1.807, 2.05) is 37.3 Å². The molecular formula is C18H17N3O3. The molecule has 3 rings (SSSR count). The number of aryl methyl sites for hydroxylation is 1. The maximum Gasteiger partial charge on any atom is 0.330 e. The number of aromatic nitrogens is 3. The highest BCUT2D eigenvalue weighted by atomic mass is 16.5. The van der Waals surface area contributed by atoms with Gasteiger partial charge in [0, 0.05) is 23.6 Å². The Morgan fingerprint density at radius 2 is 2.17 bits per heavy atom. The van der Waals surface area contributed by atoms with E-state index in [0.717, 1.165) is 22.7 Å². The molecule has 0 saturated heterocycles.